The van der Waals surface area contributed by atoms with Crippen molar-refractivity contribution >= 4 is 39.8 Å². The Labute approximate surface area is 315 Å². The van der Waals surface area contributed by atoms with Crippen LogP contribution in [0, 0.1) is 0 Å². The number of aromatic nitrogens is 2. The average molecular weight is 735 g/mol. The lowest BCUT2D eigenvalue weighted by Crippen LogP contribution is -2.15. The quantitative estimate of drug-likeness (QED) is 0.0652. The lowest BCUT2D eigenvalue weighted by molar-refractivity contribution is -0.0122. The standard InChI is InChI=1S/C42H46N4O6S/c43-21-22-47-23-24-48-25-26-49-27-28-50-29-30-51-31-32-52-38-17-13-34(14-18-38)40-20-19-39(41-42(40)45-53-44-41)33-11-15-37(16-12-33)46(35-7-3-1-4-8-35)36-9-5-2-6-10-36/h1-20H,21-32,43H2. The van der Waals surface area contributed by atoms with Crippen LogP contribution in [0.2, 0.25) is 0 Å². The molecule has 6 rings (SSSR count). The molecule has 2 N–H and O–H groups in total. The van der Waals surface area contributed by atoms with Crippen LogP contribution < -0.4 is 15.4 Å². The number of para-hydroxylation sites is 2. The highest BCUT2D eigenvalue weighted by atomic mass is 32.1. The molecule has 0 aliphatic heterocycles. The third-order valence-electron chi connectivity index (χ3n) is 8.29. The monoisotopic (exact) mass is 734 g/mol. The molecule has 1 heterocycles. The molecular weight excluding hydrogens is 689 g/mol. The van der Waals surface area contributed by atoms with E-state index in [2.05, 4.69) is 102 Å². The molecule has 1 aromatic heterocycles. The minimum atomic E-state index is 0.446. The predicted molar refractivity (Wildman–Crippen MR) is 212 cm³/mol. The van der Waals surface area contributed by atoms with Crippen LogP contribution >= 0.6 is 11.7 Å². The van der Waals surface area contributed by atoms with Crippen LogP contribution in [0.15, 0.2) is 121 Å². The number of nitrogens with two attached hydrogens (primary N) is 1. The molecule has 11 heteroatoms. The molecular formula is C42H46N4O6S. The fraction of sp³-hybridized carbons (Fsp3) is 0.286. The van der Waals surface area contributed by atoms with Gasteiger partial charge in [0.2, 0.25) is 0 Å². The van der Waals surface area contributed by atoms with E-state index in [1.807, 2.05) is 24.3 Å². The number of ether oxygens (including phenoxy) is 6. The van der Waals surface area contributed by atoms with E-state index in [-0.39, 0.29) is 0 Å². The van der Waals surface area contributed by atoms with Crippen molar-refractivity contribution in [3.05, 3.63) is 121 Å². The SMILES string of the molecule is NCCOCCOCCOCCOCCOCCOc1ccc(-c2ccc(-c3ccc(N(c4ccccc4)c4ccccc4)cc3)c3nsnc23)cc1. The Balaban J connectivity index is 0.950. The summed E-state index contributed by atoms with van der Waals surface area (Å²) in [4.78, 5) is 2.26. The van der Waals surface area contributed by atoms with Gasteiger partial charge in [-0.3, -0.25) is 0 Å². The summed E-state index contributed by atoms with van der Waals surface area (Å²) in [6.45, 7) is 6.14. The minimum absolute atomic E-state index is 0.446. The number of hydrogen-bond acceptors (Lipinski definition) is 11. The molecule has 0 aliphatic rings. The molecule has 53 heavy (non-hydrogen) atoms. The lowest BCUT2D eigenvalue weighted by atomic mass is 9.97. The van der Waals surface area contributed by atoms with Gasteiger partial charge in [-0.05, 0) is 59.7 Å². The van der Waals surface area contributed by atoms with Crippen molar-refractivity contribution in [2.45, 2.75) is 0 Å². The first-order valence-corrected chi connectivity index (χ1v) is 18.6. The average Bonchev–Trinajstić information content (AvgIpc) is 3.71. The molecule has 0 atom stereocenters. The van der Waals surface area contributed by atoms with E-state index in [1.165, 1.54) is 11.7 Å². The largest absolute Gasteiger partial charge is 0.491 e. The first kappa shape index (κ1) is 38.0. The Bertz CT molecular complexity index is 1870. The van der Waals surface area contributed by atoms with E-state index in [0.717, 1.165) is 56.1 Å². The van der Waals surface area contributed by atoms with Crippen LogP contribution in [0.25, 0.3) is 33.3 Å². The van der Waals surface area contributed by atoms with Gasteiger partial charge in [0.1, 0.15) is 23.4 Å². The molecule has 0 unspecified atom stereocenters. The summed E-state index contributed by atoms with van der Waals surface area (Å²) >= 11 is 1.23. The third-order valence-corrected chi connectivity index (χ3v) is 8.82. The Hall–Kier alpha value is -4.72. The molecule has 5 aromatic carbocycles. The topological polar surface area (TPSA) is 110 Å². The zero-order valence-electron chi connectivity index (χ0n) is 29.8. The number of hydrogen-bond donors (Lipinski definition) is 1. The highest BCUT2D eigenvalue weighted by molar-refractivity contribution is 7.00. The van der Waals surface area contributed by atoms with Crippen molar-refractivity contribution in [3.63, 3.8) is 0 Å². The van der Waals surface area contributed by atoms with Crippen LogP contribution in [0.5, 0.6) is 5.75 Å². The van der Waals surface area contributed by atoms with Crippen LogP contribution in [0.4, 0.5) is 17.1 Å². The van der Waals surface area contributed by atoms with Crippen LogP contribution in [0.3, 0.4) is 0 Å². The summed E-state index contributed by atoms with van der Waals surface area (Å²) in [6, 6.07) is 41.8. The maximum absolute atomic E-state index is 5.91. The van der Waals surface area contributed by atoms with Gasteiger partial charge in [0, 0.05) is 34.7 Å². The second kappa shape index (κ2) is 21.1. The highest BCUT2D eigenvalue weighted by Gasteiger charge is 2.16. The molecule has 0 spiro atoms. The molecule has 276 valence electrons. The molecule has 10 nitrogen and oxygen atoms in total. The van der Waals surface area contributed by atoms with Crippen molar-refractivity contribution in [1.82, 2.24) is 8.75 Å². The molecule has 0 bridgehead atoms. The van der Waals surface area contributed by atoms with Gasteiger partial charge in [-0.2, -0.15) is 8.75 Å². The normalized spacial score (nSPS) is 11.3. The van der Waals surface area contributed by atoms with E-state index < -0.39 is 0 Å². The van der Waals surface area contributed by atoms with E-state index in [4.69, 9.17) is 42.9 Å². The highest BCUT2D eigenvalue weighted by Crippen LogP contribution is 2.38. The summed E-state index contributed by atoms with van der Waals surface area (Å²) in [5.74, 6) is 0.780. The molecule has 0 radical (unpaired) electrons. The maximum Gasteiger partial charge on any atom is 0.119 e. The van der Waals surface area contributed by atoms with Crippen molar-refractivity contribution in [2.75, 3.05) is 84.1 Å². The molecule has 0 aliphatic carbocycles. The second-order valence-corrected chi connectivity index (χ2v) is 12.4. The van der Waals surface area contributed by atoms with Gasteiger partial charge in [-0.25, -0.2) is 0 Å². The zero-order chi connectivity index (χ0) is 36.3. The van der Waals surface area contributed by atoms with E-state index in [9.17, 15) is 0 Å². The number of rotatable bonds is 23. The number of fused-ring (bicyclic) bond motifs is 1. The van der Waals surface area contributed by atoms with Crippen LogP contribution in [-0.4, -0.2) is 88.0 Å². The summed E-state index contributed by atoms with van der Waals surface area (Å²) in [7, 11) is 0. The summed E-state index contributed by atoms with van der Waals surface area (Å²) < 4.78 is 42.7. The van der Waals surface area contributed by atoms with Crippen molar-refractivity contribution in [2.24, 2.45) is 5.73 Å². The lowest BCUT2D eigenvalue weighted by Gasteiger charge is -2.25. The summed E-state index contributed by atoms with van der Waals surface area (Å²) in [6.07, 6.45) is 0. The molecule has 0 fully saturated rings. The van der Waals surface area contributed by atoms with Crippen molar-refractivity contribution in [3.8, 4) is 28.0 Å². The Morgan fingerprint density at radius 1 is 0.434 bits per heavy atom. The molecule has 0 saturated carbocycles. The van der Waals surface area contributed by atoms with Gasteiger partial charge < -0.3 is 39.1 Å². The van der Waals surface area contributed by atoms with Crippen molar-refractivity contribution < 1.29 is 28.4 Å². The summed E-state index contributed by atoms with van der Waals surface area (Å²) in [5.41, 5.74) is 14.7. The Morgan fingerprint density at radius 2 is 0.830 bits per heavy atom. The van der Waals surface area contributed by atoms with E-state index >= 15 is 0 Å². The number of anilines is 3. The fourth-order valence-corrected chi connectivity index (χ4v) is 6.31. The third kappa shape index (κ3) is 11.1. The number of benzene rings is 5. The smallest absolute Gasteiger partial charge is 0.119 e. The molecule has 6 aromatic rings. The maximum atomic E-state index is 5.91. The van der Waals surface area contributed by atoms with Gasteiger partial charge in [-0.15, -0.1) is 0 Å². The Morgan fingerprint density at radius 3 is 1.28 bits per heavy atom. The summed E-state index contributed by atoms with van der Waals surface area (Å²) in [5, 5.41) is 0. The van der Waals surface area contributed by atoms with E-state index in [0.29, 0.717) is 79.2 Å². The van der Waals surface area contributed by atoms with Gasteiger partial charge in [0.05, 0.1) is 77.8 Å². The van der Waals surface area contributed by atoms with E-state index in [1.54, 1.807) is 0 Å². The Kier molecular flexibility index (Phi) is 15.1. The van der Waals surface area contributed by atoms with Crippen LogP contribution in [0.1, 0.15) is 0 Å². The van der Waals surface area contributed by atoms with Gasteiger partial charge in [0.15, 0.2) is 0 Å². The first-order chi connectivity index (χ1) is 26.3. The van der Waals surface area contributed by atoms with Gasteiger partial charge >= 0.3 is 0 Å². The van der Waals surface area contributed by atoms with Crippen molar-refractivity contribution in [1.29, 1.82) is 0 Å². The van der Waals surface area contributed by atoms with Gasteiger partial charge in [-0.1, -0.05) is 72.8 Å². The second-order valence-electron chi connectivity index (χ2n) is 11.9. The zero-order valence-corrected chi connectivity index (χ0v) is 30.6. The molecule has 0 amide bonds. The minimum Gasteiger partial charge on any atom is -0.491 e. The predicted octanol–water partition coefficient (Wildman–Crippen LogP) is 7.92. The first-order valence-electron chi connectivity index (χ1n) is 17.9. The number of nitrogens with zero attached hydrogens (tertiary/aromatic N) is 3. The van der Waals surface area contributed by atoms with Gasteiger partial charge in [0.25, 0.3) is 0 Å². The van der Waals surface area contributed by atoms with Crippen LogP contribution in [-0.2, 0) is 23.7 Å². The fourth-order valence-electron chi connectivity index (χ4n) is 5.74. The molecule has 0 saturated heterocycles.